The summed E-state index contributed by atoms with van der Waals surface area (Å²) in [6.07, 6.45) is 3.87. The summed E-state index contributed by atoms with van der Waals surface area (Å²) in [5.41, 5.74) is 5.13. The number of aryl methyl sites for hydroxylation is 1. The van der Waals surface area contributed by atoms with Crippen LogP contribution in [0.1, 0.15) is 6.42 Å². The molecule has 0 fully saturated rings. The van der Waals surface area contributed by atoms with Gasteiger partial charge >= 0.3 is 0 Å². The third-order valence-corrected chi connectivity index (χ3v) is 1.08. The molecule has 54 valence electrons. The highest BCUT2D eigenvalue weighted by Crippen LogP contribution is 1.84. The number of nitrogens with one attached hydrogen (secondary N) is 1. The summed E-state index contributed by atoms with van der Waals surface area (Å²) in [5.74, 6) is 0.176. The van der Waals surface area contributed by atoms with E-state index in [9.17, 15) is 0 Å². The van der Waals surface area contributed by atoms with Gasteiger partial charge in [-0.05, 0) is 0 Å². The predicted molar refractivity (Wildman–Crippen MR) is 36.6 cm³/mol. The molecule has 1 aromatic rings. The summed E-state index contributed by atoms with van der Waals surface area (Å²) < 4.78 is 1.64. The molecule has 0 spiro atoms. The van der Waals surface area contributed by atoms with Crippen molar-refractivity contribution in [2.45, 2.75) is 13.0 Å². The highest BCUT2D eigenvalue weighted by Gasteiger charge is 1.91. The largest absolute Gasteiger partial charge is 0.388 e. The van der Waals surface area contributed by atoms with Crippen molar-refractivity contribution in [3.63, 3.8) is 0 Å². The summed E-state index contributed by atoms with van der Waals surface area (Å²) in [7, 11) is 0. The Morgan fingerprint density at radius 3 is 3.00 bits per heavy atom. The molecular formula is C5H9N5. The molecule has 0 amide bonds. The molecule has 0 saturated carbocycles. The Hall–Kier alpha value is -1.39. The van der Waals surface area contributed by atoms with Crippen LogP contribution in [-0.2, 0) is 6.54 Å². The molecule has 10 heavy (non-hydrogen) atoms. The molecule has 0 bridgehead atoms. The van der Waals surface area contributed by atoms with E-state index < -0.39 is 0 Å². The van der Waals surface area contributed by atoms with Gasteiger partial charge in [0.2, 0.25) is 0 Å². The first-order chi connectivity index (χ1) is 4.79. The lowest BCUT2D eigenvalue weighted by atomic mass is 10.4. The van der Waals surface area contributed by atoms with Crippen molar-refractivity contribution in [2.24, 2.45) is 5.73 Å². The van der Waals surface area contributed by atoms with Crippen LogP contribution in [0.5, 0.6) is 0 Å². The zero-order valence-electron chi connectivity index (χ0n) is 5.49. The highest BCUT2D eigenvalue weighted by atomic mass is 15.4. The molecule has 0 saturated heterocycles. The van der Waals surface area contributed by atoms with Gasteiger partial charge in [0, 0.05) is 19.2 Å². The van der Waals surface area contributed by atoms with Gasteiger partial charge in [0.1, 0.15) is 0 Å². The number of hydrogen-bond acceptors (Lipinski definition) is 3. The van der Waals surface area contributed by atoms with Crippen LogP contribution in [0.4, 0.5) is 0 Å². The Bertz CT molecular complexity index is 202. The second-order valence-corrected chi connectivity index (χ2v) is 1.94. The average molecular weight is 139 g/mol. The van der Waals surface area contributed by atoms with Crippen LogP contribution in [0.15, 0.2) is 12.4 Å². The Kier molecular flexibility index (Phi) is 1.99. The van der Waals surface area contributed by atoms with Gasteiger partial charge < -0.3 is 5.73 Å². The van der Waals surface area contributed by atoms with Crippen LogP contribution >= 0.6 is 0 Å². The fraction of sp³-hybridized carbons (Fsp3) is 0.400. The average Bonchev–Trinajstić information content (AvgIpc) is 2.34. The smallest absolute Gasteiger partial charge is 0.0923 e. The number of rotatable bonds is 3. The lowest BCUT2D eigenvalue weighted by Crippen LogP contribution is -2.13. The van der Waals surface area contributed by atoms with Crippen molar-refractivity contribution in [1.29, 1.82) is 5.41 Å². The zero-order valence-corrected chi connectivity index (χ0v) is 5.49. The molecule has 1 heterocycles. The Morgan fingerprint density at radius 1 is 1.70 bits per heavy atom. The van der Waals surface area contributed by atoms with E-state index >= 15 is 0 Å². The third kappa shape index (κ3) is 1.85. The molecule has 0 aromatic carbocycles. The van der Waals surface area contributed by atoms with E-state index in [0.717, 1.165) is 0 Å². The van der Waals surface area contributed by atoms with E-state index in [1.54, 1.807) is 17.1 Å². The Labute approximate surface area is 58.3 Å². The second-order valence-electron chi connectivity index (χ2n) is 1.94. The van der Waals surface area contributed by atoms with Gasteiger partial charge in [-0.1, -0.05) is 5.21 Å². The van der Waals surface area contributed by atoms with Crippen LogP contribution in [-0.4, -0.2) is 20.8 Å². The van der Waals surface area contributed by atoms with E-state index in [2.05, 4.69) is 10.3 Å². The van der Waals surface area contributed by atoms with E-state index in [4.69, 9.17) is 11.1 Å². The lowest BCUT2D eigenvalue weighted by molar-refractivity contribution is 0.603. The fourth-order valence-corrected chi connectivity index (χ4v) is 0.587. The van der Waals surface area contributed by atoms with Crippen molar-refractivity contribution < 1.29 is 0 Å². The lowest BCUT2D eigenvalue weighted by Gasteiger charge is -1.96. The topological polar surface area (TPSA) is 80.6 Å². The number of hydrogen-bond donors (Lipinski definition) is 2. The van der Waals surface area contributed by atoms with Crippen LogP contribution < -0.4 is 5.73 Å². The fourth-order valence-electron chi connectivity index (χ4n) is 0.587. The van der Waals surface area contributed by atoms with Crippen molar-refractivity contribution in [1.82, 2.24) is 15.0 Å². The molecule has 5 heteroatoms. The van der Waals surface area contributed by atoms with Gasteiger partial charge in [0.15, 0.2) is 0 Å². The summed E-state index contributed by atoms with van der Waals surface area (Å²) in [4.78, 5) is 0. The van der Waals surface area contributed by atoms with Gasteiger partial charge in [-0.2, -0.15) is 0 Å². The Balaban J connectivity index is 2.35. The molecule has 0 unspecified atom stereocenters. The first-order valence-electron chi connectivity index (χ1n) is 2.96. The number of nitrogens with zero attached hydrogens (tertiary/aromatic N) is 3. The quantitative estimate of drug-likeness (QED) is 0.442. The summed E-state index contributed by atoms with van der Waals surface area (Å²) in [6, 6.07) is 0. The molecule has 3 N–H and O–H groups in total. The van der Waals surface area contributed by atoms with Gasteiger partial charge in [0.25, 0.3) is 0 Å². The Morgan fingerprint density at radius 2 is 2.50 bits per heavy atom. The van der Waals surface area contributed by atoms with Gasteiger partial charge in [-0.25, -0.2) is 0 Å². The maximum Gasteiger partial charge on any atom is 0.0923 e. The summed E-state index contributed by atoms with van der Waals surface area (Å²) >= 11 is 0. The van der Waals surface area contributed by atoms with Crippen molar-refractivity contribution in [3.8, 4) is 0 Å². The van der Waals surface area contributed by atoms with E-state index in [-0.39, 0.29) is 5.84 Å². The molecular weight excluding hydrogens is 130 g/mol. The van der Waals surface area contributed by atoms with Crippen molar-refractivity contribution >= 4 is 5.84 Å². The molecule has 0 aliphatic heterocycles. The van der Waals surface area contributed by atoms with Crippen molar-refractivity contribution in [2.75, 3.05) is 0 Å². The zero-order chi connectivity index (χ0) is 7.40. The third-order valence-electron chi connectivity index (χ3n) is 1.08. The number of nitrogens with two attached hydrogens (primary N) is 1. The van der Waals surface area contributed by atoms with Crippen LogP contribution in [0, 0.1) is 5.41 Å². The molecule has 0 aliphatic carbocycles. The SMILES string of the molecule is N=C(N)CCn1ccnn1. The molecule has 1 rings (SSSR count). The van der Waals surface area contributed by atoms with Crippen LogP contribution in [0.3, 0.4) is 0 Å². The number of amidine groups is 1. The van der Waals surface area contributed by atoms with Gasteiger partial charge in [-0.3, -0.25) is 10.1 Å². The normalized spacial score (nSPS) is 9.60. The minimum absolute atomic E-state index is 0.176. The van der Waals surface area contributed by atoms with Crippen LogP contribution in [0.25, 0.3) is 0 Å². The van der Waals surface area contributed by atoms with Crippen LogP contribution in [0.2, 0.25) is 0 Å². The first-order valence-corrected chi connectivity index (χ1v) is 2.96. The first kappa shape index (κ1) is 6.73. The van der Waals surface area contributed by atoms with Gasteiger partial charge in [0.05, 0.1) is 12.0 Å². The van der Waals surface area contributed by atoms with Gasteiger partial charge in [-0.15, -0.1) is 5.10 Å². The maximum atomic E-state index is 6.91. The predicted octanol–water partition coefficient (Wildman–Crippen LogP) is -0.396. The summed E-state index contributed by atoms with van der Waals surface area (Å²) in [5, 5.41) is 14.2. The highest BCUT2D eigenvalue weighted by molar-refractivity contribution is 5.76. The van der Waals surface area contributed by atoms with E-state index in [1.165, 1.54) is 0 Å². The minimum Gasteiger partial charge on any atom is -0.388 e. The molecule has 0 aliphatic rings. The molecule has 1 aromatic heterocycles. The van der Waals surface area contributed by atoms with E-state index in [1.807, 2.05) is 0 Å². The number of aromatic nitrogens is 3. The minimum atomic E-state index is 0.176. The second kappa shape index (κ2) is 2.95. The molecule has 5 nitrogen and oxygen atoms in total. The monoisotopic (exact) mass is 139 g/mol. The molecule has 0 radical (unpaired) electrons. The maximum absolute atomic E-state index is 6.91. The standard InChI is InChI=1S/C5H9N5/c6-5(7)1-3-10-4-2-8-9-10/h2,4H,1,3H2,(H3,6,7). The van der Waals surface area contributed by atoms with Crippen molar-refractivity contribution in [3.05, 3.63) is 12.4 Å². The molecule has 0 atom stereocenters. The summed E-state index contributed by atoms with van der Waals surface area (Å²) in [6.45, 7) is 0.634. The van der Waals surface area contributed by atoms with E-state index in [0.29, 0.717) is 13.0 Å².